The number of urea groups is 1. The number of anilines is 1. The molecule has 21 heavy (non-hydrogen) atoms. The van der Waals surface area contributed by atoms with Crippen LogP contribution >= 0.6 is 0 Å². The van der Waals surface area contributed by atoms with Gasteiger partial charge in [-0.2, -0.15) is 5.26 Å². The second-order valence-electron chi connectivity index (χ2n) is 5.07. The lowest BCUT2D eigenvalue weighted by molar-refractivity contribution is 0.160. The molecule has 0 radical (unpaired) electrons. The maximum absolute atomic E-state index is 11.9. The number of nitrogens with one attached hydrogen (secondary N) is 2. The SMILES string of the molecule is COCCN1CC[C@@H](NC(=O)Nc2cccc(C#N)c2)C1. The molecular formula is C15H20N4O2. The van der Waals surface area contributed by atoms with Crippen LogP contribution in [-0.2, 0) is 4.74 Å². The van der Waals surface area contributed by atoms with Crippen molar-refractivity contribution in [2.24, 2.45) is 0 Å². The number of hydrogen-bond donors (Lipinski definition) is 2. The molecule has 2 rings (SSSR count). The molecule has 1 heterocycles. The Morgan fingerprint density at radius 3 is 3.19 bits per heavy atom. The number of ether oxygens (including phenoxy) is 1. The molecule has 1 atom stereocenters. The zero-order valence-corrected chi connectivity index (χ0v) is 12.1. The molecule has 0 unspecified atom stereocenters. The van der Waals surface area contributed by atoms with E-state index in [1.54, 1.807) is 31.4 Å². The van der Waals surface area contributed by atoms with E-state index in [-0.39, 0.29) is 12.1 Å². The van der Waals surface area contributed by atoms with E-state index in [4.69, 9.17) is 10.00 Å². The normalized spacial score (nSPS) is 18.2. The number of hydrogen-bond acceptors (Lipinski definition) is 4. The van der Waals surface area contributed by atoms with Crippen molar-refractivity contribution >= 4 is 11.7 Å². The van der Waals surface area contributed by atoms with Crippen LogP contribution in [0.1, 0.15) is 12.0 Å². The van der Waals surface area contributed by atoms with Gasteiger partial charge in [-0.15, -0.1) is 0 Å². The van der Waals surface area contributed by atoms with Gasteiger partial charge in [0.25, 0.3) is 0 Å². The predicted octanol–water partition coefficient (Wildman–Crippen LogP) is 1.40. The zero-order valence-electron chi connectivity index (χ0n) is 12.1. The Morgan fingerprint density at radius 1 is 1.57 bits per heavy atom. The number of carbonyl (C=O) groups is 1. The molecule has 1 aromatic carbocycles. The number of rotatable bonds is 5. The fourth-order valence-corrected chi connectivity index (χ4v) is 2.39. The lowest BCUT2D eigenvalue weighted by atomic mass is 10.2. The molecule has 1 aliphatic rings. The monoisotopic (exact) mass is 288 g/mol. The van der Waals surface area contributed by atoms with Gasteiger partial charge in [0.2, 0.25) is 0 Å². The summed E-state index contributed by atoms with van der Waals surface area (Å²) in [4.78, 5) is 14.2. The van der Waals surface area contributed by atoms with E-state index in [9.17, 15) is 4.79 Å². The summed E-state index contributed by atoms with van der Waals surface area (Å²) in [7, 11) is 1.69. The smallest absolute Gasteiger partial charge is 0.319 e. The van der Waals surface area contributed by atoms with E-state index >= 15 is 0 Å². The number of carbonyl (C=O) groups excluding carboxylic acids is 1. The Balaban J connectivity index is 1.78. The number of benzene rings is 1. The highest BCUT2D eigenvalue weighted by Gasteiger charge is 2.23. The molecular weight excluding hydrogens is 268 g/mol. The molecule has 112 valence electrons. The minimum atomic E-state index is -0.233. The first-order valence-corrected chi connectivity index (χ1v) is 7.00. The first kappa shape index (κ1) is 15.3. The van der Waals surface area contributed by atoms with Gasteiger partial charge in [0.05, 0.1) is 18.2 Å². The second kappa shape index (κ2) is 7.62. The van der Waals surface area contributed by atoms with E-state index in [1.807, 2.05) is 6.07 Å². The first-order chi connectivity index (χ1) is 10.2. The summed E-state index contributed by atoms with van der Waals surface area (Å²) in [6.07, 6.45) is 0.940. The molecule has 0 aromatic heterocycles. The first-order valence-electron chi connectivity index (χ1n) is 7.00. The van der Waals surface area contributed by atoms with Crippen molar-refractivity contribution in [3.05, 3.63) is 29.8 Å². The van der Waals surface area contributed by atoms with Crippen LogP contribution in [0.15, 0.2) is 24.3 Å². The van der Waals surface area contributed by atoms with Gasteiger partial charge in [0.1, 0.15) is 0 Å². The van der Waals surface area contributed by atoms with E-state index in [0.717, 1.165) is 26.1 Å². The van der Waals surface area contributed by atoms with Gasteiger partial charge in [0, 0.05) is 38.5 Å². The third-order valence-corrected chi connectivity index (χ3v) is 3.47. The van der Waals surface area contributed by atoms with E-state index in [1.165, 1.54) is 0 Å². The maximum atomic E-state index is 11.9. The van der Waals surface area contributed by atoms with Crippen molar-refractivity contribution in [1.82, 2.24) is 10.2 Å². The molecule has 6 nitrogen and oxygen atoms in total. The average Bonchev–Trinajstić information content (AvgIpc) is 2.92. The van der Waals surface area contributed by atoms with Crippen molar-refractivity contribution < 1.29 is 9.53 Å². The van der Waals surface area contributed by atoms with Crippen LogP contribution < -0.4 is 10.6 Å². The molecule has 2 amide bonds. The Bertz CT molecular complexity index is 527. The van der Waals surface area contributed by atoms with Crippen LogP contribution in [0.3, 0.4) is 0 Å². The summed E-state index contributed by atoms with van der Waals surface area (Å²) in [5.74, 6) is 0. The maximum Gasteiger partial charge on any atom is 0.319 e. The zero-order chi connectivity index (χ0) is 15.1. The van der Waals surface area contributed by atoms with Crippen LogP contribution in [-0.4, -0.2) is 50.3 Å². The minimum Gasteiger partial charge on any atom is -0.383 e. The van der Waals surface area contributed by atoms with Gasteiger partial charge in [-0.05, 0) is 24.6 Å². The summed E-state index contributed by atoms with van der Waals surface area (Å²) in [5.41, 5.74) is 1.15. The summed E-state index contributed by atoms with van der Waals surface area (Å²) in [5, 5.41) is 14.5. The van der Waals surface area contributed by atoms with Crippen LogP contribution in [0.2, 0.25) is 0 Å². The number of methoxy groups -OCH3 is 1. The van der Waals surface area contributed by atoms with Crippen molar-refractivity contribution in [3.63, 3.8) is 0 Å². The van der Waals surface area contributed by atoms with Crippen LogP contribution in [0, 0.1) is 11.3 Å². The molecule has 2 N–H and O–H groups in total. The van der Waals surface area contributed by atoms with Gasteiger partial charge in [-0.25, -0.2) is 4.79 Å². The summed E-state index contributed by atoms with van der Waals surface area (Å²) >= 11 is 0. The van der Waals surface area contributed by atoms with Crippen molar-refractivity contribution in [3.8, 4) is 6.07 Å². The average molecular weight is 288 g/mol. The van der Waals surface area contributed by atoms with Crippen molar-refractivity contribution in [1.29, 1.82) is 5.26 Å². The van der Waals surface area contributed by atoms with Crippen molar-refractivity contribution in [2.45, 2.75) is 12.5 Å². The molecule has 1 aromatic rings. The number of amides is 2. The lowest BCUT2D eigenvalue weighted by Gasteiger charge is -2.16. The number of nitrogens with zero attached hydrogens (tertiary/aromatic N) is 2. The fourth-order valence-electron chi connectivity index (χ4n) is 2.39. The number of likely N-dealkylation sites (tertiary alicyclic amines) is 1. The standard InChI is InChI=1S/C15H20N4O2/c1-21-8-7-19-6-5-14(11-19)18-15(20)17-13-4-2-3-12(9-13)10-16/h2-4,9,14H,5-8,11H2,1H3,(H2,17,18,20)/t14-/m1/s1. The highest BCUT2D eigenvalue weighted by Crippen LogP contribution is 2.11. The number of nitriles is 1. The van der Waals surface area contributed by atoms with Gasteiger partial charge in [-0.1, -0.05) is 6.07 Å². The second-order valence-corrected chi connectivity index (χ2v) is 5.07. The molecule has 1 saturated heterocycles. The Kier molecular flexibility index (Phi) is 5.55. The minimum absolute atomic E-state index is 0.154. The van der Waals surface area contributed by atoms with Crippen LogP contribution in [0.25, 0.3) is 0 Å². The van der Waals surface area contributed by atoms with Gasteiger partial charge >= 0.3 is 6.03 Å². The quantitative estimate of drug-likeness (QED) is 0.858. The van der Waals surface area contributed by atoms with Gasteiger partial charge < -0.3 is 15.4 Å². The molecule has 0 spiro atoms. The molecule has 1 aliphatic heterocycles. The third kappa shape index (κ3) is 4.74. The largest absolute Gasteiger partial charge is 0.383 e. The van der Waals surface area contributed by atoms with Gasteiger partial charge in [0.15, 0.2) is 0 Å². The lowest BCUT2D eigenvalue weighted by Crippen LogP contribution is -2.40. The fraction of sp³-hybridized carbons (Fsp3) is 0.467. The highest BCUT2D eigenvalue weighted by atomic mass is 16.5. The van der Waals surface area contributed by atoms with Crippen LogP contribution in [0.5, 0.6) is 0 Å². The van der Waals surface area contributed by atoms with Crippen LogP contribution in [0.4, 0.5) is 10.5 Å². The molecule has 6 heteroatoms. The highest BCUT2D eigenvalue weighted by molar-refractivity contribution is 5.89. The van der Waals surface area contributed by atoms with E-state index < -0.39 is 0 Å². The predicted molar refractivity (Wildman–Crippen MR) is 80.0 cm³/mol. The van der Waals surface area contributed by atoms with E-state index in [2.05, 4.69) is 15.5 Å². The van der Waals surface area contributed by atoms with E-state index in [0.29, 0.717) is 17.9 Å². The summed E-state index contributed by atoms with van der Waals surface area (Å²) in [6, 6.07) is 8.83. The summed E-state index contributed by atoms with van der Waals surface area (Å²) in [6.45, 7) is 3.41. The van der Waals surface area contributed by atoms with Crippen molar-refractivity contribution in [2.75, 3.05) is 38.7 Å². The molecule has 0 aliphatic carbocycles. The topological polar surface area (TPSA) is 77.4 Å². The Morgan fingerprint density at radius 2 is 2.43 bits per heavy atom. The Hall–Kier alpha value is -2.10. The molecule has 0 bridgehead atoms. The molecule has 0 saturated carbocycles. The van der Waals surface area contributed by atoms with Gasteiger partial charge in [-0.3, -0.25) is 4.90 Å². The summed E-state index contributed by atoms with van der Waals surface area (Å²) < 4.78 is 5.05. The molecule has 1 fully saturated rings. The third-order valence-electron chi connectivity index (χ3n) is 3.47. The Labute approximate surface area is 124 Å².